The van der Waals surface area contributed by atoms with E-state index in [1.807, 2.05) is 73.7 Å². The van der Waals surface area contributed by atoms with Gasteiger partial charge >= 0.3 is 0 Å². The lowest BCUT2D eigenvalue weighted by atomic mass is 9.99. The number of carbonyl (C=O) groups excluding carboxylic acids is 1. The number of nitrogens with one attached hydrogen (secondary N) is 1. The maximum absolute atomic E-state index is 12.8. The highest BCUT2D eigenvalue weighted by molar-refractivity contribution is 6.13. The number of anilines is 1. The summed E-state index contributed by atoms with van der Waals surface area (Å²) in [4.78, 5) is 17.4. The lowest BCUT2D eigenvalue weighted by Gasteiger charge is -2.12. The first-order chi connectivity index (χ1) is 14.1. The molecule has 0 unspecified atom stereocenters. The quantitative estimate of drug-likeness (QED) is 0.436. The van der Waals surface area contributed by atoms with Gasteiger partial charge < -0.3 is 10.4 Å². The summed E-state index contributed by atoms with van der Waals surface area (Å²) in [6.07, 6.45) is 1.62. The number of para-hydroxylation sites is 1. The summed E-state index contributed by atoms with van der Waals surface area (Å²) in [6.45, 7) is 2.00. The summed E-state index contributed by atoms with van der Waals surface area (Å²) < 4.78 is 0. The minimum Gasteiger partial charge on any atom is -0.506 e. The molecule has 1 amide bonds. The van der Waals surface area contributed by atoms with Crippen molar-refractivity contribution in [2.24, 2.45) is 4.99 Å². The molecular weight excluding hydrogens is 360 g/mol. The number of amides is 1. The van der Waals surface area contributed by atoms with Gasteiger partial charge in [-0.05, 0) is 53.6 Å². The molecule has 0 atom stereocenters. The Morgan fingerprint density at radius 2 is 1.69 bits per heavy atom. The van der Waals surface area contributed by atoms with Crippen LogP contribution in [0, 0.1) is 6.92 Å². The van der Waals surface area contributed by atoms with Crippen molar-refractivity contribution >= 4 is 34.3 Å². The minimum absolute atomic E-state index is 0.0893. The molecule has 4 aromatic rings. The number of carbonyl (C=O) groups is 1. The molecule has 0 heterocycles. The van der Waals surface area contributed by atoms with Crippen LogP contribution >= 0.6 is 0 Å². The van der Waals surface area contributed by atoms with E-state index in [1.165, 1.54) is 0 Å². The van der Waals surface area contributed by atoms with E-state index in [0.29, 0.717) is 11.3 Å². The van der Waals surface area contributed by atoms with Gasteiger partial charge in [0.15, 0.2) is 0 Å². The van der Waals surface area contributed by atoms with E-state index in [4.69, 9.17) is 0 Å². The number of hydrogen-bond acceptors (Lipinski definition) is 3. The van der Waals surface area contributed by atoms with Crippen molar-refractivity contribution in [2.75, 3.05) is 5.32 Å². The first kappa shape index (κ1) is 18.4. The van der Waals surface area contributed by atoms with Crippen molar-refractivity contribution in [2.45, 2.75) is 6.92 Å². The summed E-state index contributed by atoms with van der Waals surface area (Å²) in [6, 6.07) is 26.3. The van der Waals surface area contributed by atoms with Crippen LogP contribution in [-0.2, 0) is 0 Å². The Morgan fingerprint density at radius 3 is 2.48 bits per heavy atom. The number of aryl methyl sites for hydroxylation is 1. The zero-order valence-electron chi connectivity index (χ0n) is 16.0. The number of benzene rings is 4. The number of phenols is 1. The summed E-state index contributed by atoms with van der Waals surface area (Å²) in [5, 5.41) is 15.4. The van der Waals surface area contributed by atoms with Gasteiger partial charge in [-0.1, -0.05) is 54.6 Å². The van der Waals surface area contributed by atoms with Crippen molar-refractivity contribution < 1.29 is 9.90 Å². The molecule has 4 nitrogen and oxygen atoms in total. The van der Waals surface area contributed by atoms with E-state index in [9.17, 15) is 9.90 Å². The maximum atomic E-state index is 12.8. The second-order valence-corrected chi connectivity index (χ2v) is 6.82. The van der Waals surface area contributed by atoms with Crippen molar-refractivity contribution in [3.8, 4) is 5.75 Å². The van der Waals surface area contributed by atoms with Crippen molar-refractivity contribution in [1.29, 1.82) is 0 Å². The third-order valence-electron chi connectivity index (χ3n) is 4.68. The van der Waals surface area contributed by atoms with Gasteiger partial charge in [-0.15, -0.1) is 0 Å². The van der Waals surface area contributed by atoms with Gasteiger partial charge in [0.25, 0.3) is 5.91 Å². The molecule has 0 saturated carbocycles. The minimum atomic E-state index is -0.371. The molecule has 142 valence electrons. The molecule has 0 radical (unpaired) electrons. The predicted octanol–water partition coefficient (Wildman–Crippen LogP) is 5.86. The Labute approximate surface area is 169 Å². The van der Waals surface area contributed by atoms with Gasteiger partial charge in [-0.2, -0.15) is 0 Å². The van der Waals surface area contributed by atoms with Crippen LogP contribution in [0.25, 0.3) is 10.8 Å². The Bertz CT molecular complexity index is 1210. The van der Waals surface area contributed by atoms with Gasteiger partial charge in [0.2, 0.25) is 0 Å². The molecule has 4 aromatic carbocycles. The normalized spacial score (nSPS) is 11.1. The Kier molecular flexibility index (Phi) is 5.08. The number of aliphatic imine (C=N–C) groups is 1. The lowest BCUT2D eigenvalue weighted by Crippen LogP contribution is -2.12. The molecule has 0 saturated heterocycles. The molecule has 0 aliphatic carbocycles. The molecule has 0 aliphatic rings. The third-order valence-corrected chi connectivity index (χ3v) is 4.68. The average Bonchev–Trinajstić information content (AvgIpc) is 2.73. The smallest absolute Gasteiger partial charge is 0.259 e. The number of hydrogen-bond donors (Lipinski definition) is 2. The van der Waals surface area contributed by atoms with Gasteiger partial charge in [-0.3, -0.25) is 9.79 Å². The highest BCUT2D eigenvalue weighted by atomic mass is 16.3. The monoisotopic (exact) mass is 380 g/mol. The standard InChI is InChI=1S/C25H20N2O2/c1-17-8-7-12-20(14-17)26-16-23-21-13-6-5-9-18(21)15-22(24(23)28)25(29)27-19-10-3-2-4-11-19/h2-16,28H,1H3,(H,27,29). The van der Waals surface area contributed by atoms with E-state index in [2.05, 4.69) is 10.3 Å². The Morgan fingerprint density at radius 1 is 0.931 bits per heavy atom. The van der Waals surface area contributed by atoms with E-state index in [1.54, 1.807) is 24.4 Å². The van der Waals surface area contributed by atoms with Crippen LogP contribution in [-0.4, -0.2) is 17.2 Å². The molecule has 0 aliphatic heterocycles. The van der Waals surface area contributed by atoms with E-state index < -0.39 is 0 Å². The van der Waals surface area contributed by atoms with E-state index in [-0.39, 0.29) is 17.2 Å². The second kappa shape index (κ2) is 7.98. The fraction of sp³-hybridized carbons (Fsp3) is 0.0400. The summed E-state index contributed by atoms with van der Waals surface area (Å²) >= 11 is 0. The largest absolute Gasteiger partial charge is 0.506 e. The van der Waals surface area contributed by atoms with Crippen molar-refractivity contribution in [3.63, 3.8) is 0 Å². The highest BCUT2D eigenvalue weighted by Crippen LogP contribution is 2.31. The Balaban J connectivity index is 1.78. The van der Waals surface area contributed by atoms with Crippen LogP contribution in [0.4, 0.5) is 11.4 Å². The van der Waals surface area contributed by atoms with Crippen molar-refractivity contribution in [1.82, 2.24) is 0 Å². The number of phenolic OH excluding ortho intramolecular Hbond substituents is 1. The van der Waals surface area contributed by atoms with Crippen LogP contribution in [0.1, 0.15) is 21.5 Å². The fourth-order valence-electron chi connectivity index (χ4n) is 3.24. The van der Waals surface area contributed by atoms with Crippen LogP contribution in [0.3, 0.4) is 0 Å². The van der Waals surface area contributed by atoms with Crippen molar-refractivity contribution in [3.05, 3.63) is 102 Å². The van der Waals surface area contributed by atoms with Gasteiger partial charge in [-0.25, -0.2) is 0 Å². The Hall–Kier alpha value is -3.92. The fourth-order valence-corrected chi connectivity index (χ4v) is 3.24. The molecule has 0 fully saturated rings. The molecule has 0 bridgehead atoms. The summed E-state index contributed by atoms with van der Waals surface area (Å²) in [5.41, 5.74) is 3.28. The SMILES string of the molecule is Cc1cccc(N=Cc2c(O)c(C(=O)Nc3ccccc3)cc3ccccc23)c1. The third kappa shape index (κ3) is 4.01. The number of aromatic hydroxyl groups is 1. The van der Waals surface area contributed by atoms with Crippen LogP contribution in [0.2, 0.25) is 0 Å². The molecule has 4 rings (SSSR count). The van der Waals surface area contributed by atoms with Gasteiger partial charge in [0.05, 0.1) is 11.3 Å². The zero-order chi connectivity index (χ0) is 20.2. The first-order valence-corrected chi connectivity index (χ1v) is 9.33. The van der Waals surface area contributed by atoms with Crippen LogP contribution in [0.15, 0.2) is 89.9 Å². The number of nitrogens with zero attached hydrogens (tertiary/aromatic N) is 1. The van der Waals surface area contributed by atoms with Crippen LogP contribution < -0.4 is 5.32 Å². The molecular formula is C25H20N2O2. The average molecular weight is 380 g/mol. The number of rotatable bonds is 4. The molecule has 0 spiro atoms. The topological polar surface area (TPSA) is 61.7 Å². The second-order valence-electron chi connectivity index (χ2n) is 6.82. The van der Waals surface area contributed by atoms with E-state index >= 15 is 0 Å². The summed E-state index contributed by atoms with van der Waals surface area (Å²) in [5.74, 6) is -0.460. The zero-order valence-corrected chi connectivity index (χ0v) is 16.0. The molecule has 0 aromatic heterocycles. The van der Waals surface area contributed by atoms with Gasteiger partial charge in [0, 0.05) is 17.5 Å². The van der Waals surface area contributed by atoms with Crippen LogP contribution in [0.5, 0.6) is 5.75 Å². The molecule has 4 heteroatoms. The van der Waals surface area contributed by atoms with Gasteiger partial charge in [0.1, 0.15) is 5.75 Å². The summed E-state index contributed by atoms with van der Waals surface area (Å²) in [7, 11) is 0. The predicted molar refractivity (Wildman–Crippen MR) is 118 cm³/mol. The lowest BCUT2D eigenvalue weighted by molar-refractivity contribution is 0.102. The van der Waals surface area contributed by atoms with E-state index in [0.717, 1.165) is 22.0 Å². The highest BCUT2D eigenvalue weighted by Gasteiger charge is 2.17. The molecule has 2 N–H and O–H groups in total. The first-order valence-electron chi connectivity index (χ1n) is 9.33. The molecule has 29 heavy (non-hydrogen) atoms. The number of fused-ring (bicyclic) bond motifs is 1. The maximum Gasteiger partial charge on any atom is 0.259 e.